The van der Waals surface area contributed by atoms with Gasteiger partial charge in [-0.2, -0.15) is 0 Å². The first-order valence-electron chi connectivity index (χ1n) is 6.22. The van der Waals surface area contributed by atoms with Crippen molar-refractivity contribution < 1.29 is 19.4 Å². The number of fused-ring (bicyclic) bond motifs is 1. The third-order valence-corrected chi connectivity index (χ3v) is 3.59. The number of benzene rings is 1. The van der Waals surface area contributed by atoms with Crippen LogP contribution in [0.15, 0.2) is 18.2 Å². The van der Waals surface area contributed by atoms with E-state index >= 15 is 0 Å². The summed E-state index contributed by atoms with van der Waals surface area (Å²) in [6.07, 6.45) is -0.525. The second kappa shape index (κ2) is 4.71. The number of carbonyl (C=O) groups excluding carboxylic acids is 1. The van der Waals surface area contributed by atoms with Crippen molar-refractivity contribution in [1.29, 1.82) is 0 Å². The largest absolute Gasteiger partial charge is 0.454 e. The Morgan fingerprint density at radius 1 is 1.37 bits per heavy atom. The highest BCUT2D eigenvalue weighted by atomic mass is 16.7. The molecule has 1 fully saturated rings. The molecule has 3 rings (SSSR count). The van der Waals surface area contributed by atoms with E-state index in [1.54, 1.807) is 30.1 Å². The molecule has 0 aromatic heterocycles. The number of ether oxygens (including phenoxy) is 2. The van der Waals surface area contributed by atoms with E-state index in [4.69, 9.17) is 9.47 Å². The van der Waals surface area contributed by atoms with Gasteiger partial charge in [0, 0.05) is 25.7 Å². The van der Waals surface area contributed by atoms with Crippen molar-refractivity contribution in [2.75, 3.05) is 26.9 Å². The zero-order chi connectivity index (χ0) is 13.4. The van der Waals surface area contributed by atoms with Gasteiger partial charge in [0.1, 0.15) is 0 Å². The van der Waals surface area contributed by atoms with Crippen molar-refractivity contribution in [2.45, 2.75) is 12.1 Å². The van der Waals surface area contributed by atoms with Gasteiger partial charge in [0.05, 0.1) is 12.1 Å². The van der Waals surface area contributed by atoms with Crippen molar-refractivity contribution in [3.63, 3.8) is 0 Å². The Balaban J connectivity index is 1.79. The quantitative estimate of drug-likeness (QED) is 0.775. The number of aliphatic hydroxyl groups excluding tert-OH is 1. The average molecular weight is 264 g/mol. The molecule has 102 valence electrons. The predicted octanol–water partition coefficient (Wildman–Crippen LogP) is -0.180. The molecule has 1 aromatic carbocycles. The lowest BCUT2D eigenvalue weighted by Crippen LogP contribution is -2.44. The molecule has 0 radical (unpaired) electrons. The molecule has 0 aliphatic carbocycles. The van der Waals surface area contributed by atoms with Crippen LogP contribution in [0.1, 0.15) is 10.4 Å². The summed E-state index contributed by atoms with van der Waals surface area (Å²) in [4.78, 5) is 13.9. The van der Waals surface area contributed by atoms with Crippen LogP contribution in [-0.4, -0.2) is 55.0 Å². The number of hydrogen-bond acceptors (Lipinski definition) is 5. The first-order valence-corrected chi connectivity index (χ1v) is 6.22. The van der Waals surface area contributed by atoms with Crippen LogP contribution < -0.4 is 14.8 Å². The molecule has 2 aliphatic rings. The van der Waals surface area contributed by atoms with E-state index in [0.29, 0.717) is 30.2 Å². The summed E-state index contributed by atoms with van der Waals surface area (Å²) in [7, 11) is 1.70. The molecule has 2 atom stereocenters. The third-order valence-electron chi connectivity index (χ3n) is 3.59. The average Bonchev–Trinajstić information content (AvgIpc) is 3.04. The maximum Gasteiger partial charge on any atom is 0.254 e. The van der Waals surface area contributed by atoms with Gasteiger partial charge in [-0.25, -0.2) is 0 Å². The van der Waals surface area contributed by atoms with Gasteiger partial charge in [-0.3, -0.25) is 4.79 Å². The fourth-order valence-corrected chi connectivity index (χ4v) is 2.43. The van der Waals surface area contributed by atoms with Crippen LogP contribution in [0.2, 0.25) is 0 Å². The molecule has 1 aromatic rings. The van der Waals surface area contributed by atoms with Crippen LogP contribution in [0.25, 0.3) is 0 Å². The third kappa shape index (κ3) is 2.13. The highest BCUT2D eigenvalue weighted by molar-refractivity contribution is 5.95. The number of nitrogens with one attached hydrogen (secondary N) is 1. The smallest absolute Gasteiger partial charge is 0.254 e. The summed E-state index contributed by atoms with van der Waals surface area (Å²) in [5, 5.41) is 12.9. The first-order chi connectivity index (χ1) is 9.16. The topological polar surface area (TPSA) is 71.0 Å². The van der Waals surface area contributed by atoms with Gasteiger partial charge in [-0.1, -0.05) is 0 Å². The Morgan fingerprint density at radius 2 is 2.16 bits per heavy atom. The normalized spacial score (nSPS) is 24.5. The van der Waals surface area contributed by atoms with Crippen molar-refractivity contribution in [2.24, 2.45) is 0 Å². The lowest BCUT2D eigenvalue weighted by atomic mass is 10.1. The number of aliphatic hydroxyl groups is 1. The molecule has 19 heavy (non-hydrogen) atoms. The van der Waals surface area contributed by atoms with E-state index < -0.39 is 6.10 Å². The fraction of sp³-hybridized carbons (Fsp3) is 0.462. The van der Waals surface area contributed by atoms with Gasteiger partial charge in [0.15, 0.2) is 11.5 Å². The summed E-state index contributed by atoms with van der Waals surface area (Å²) in [6, 6.07) is 4.92. The van der Waals surface area contributed by atoms with E-state index in [9.17, 15) is 9.90 Å². The van der Waals surface area contributed by atoms with Gasteiger partial charge in [-0.15, -0.1) is 0 Å². The monoisotopic (exact) mass is 264 g/mol. The number of likely N-dealkylation sites (N-methyl/N-ethyl adjacent to an activating group) is 1. The van der Waals surface area contributed by atoms with Crippen molar-refractivity contribution >= 4 is 5.91 Å². The minimum absolute atomic E-state index is 0.133. The molecule has 2 heterocycles. The lowest BCUT2D eigenvalue weighted by molar-refractivity contribution is 0.0581. The molecule has 6 heteroatoms. The summed E-state index contributed by atoms with van der Waals surface area (Å²) < 4.78 is 10.5. The minimum Gasteiger partial charge on any atom is -0.454 e. The minimum atomic E-state index is -0.525. The van der Waals surface area contributed by atoms with Gasteiger partial charge >= 0.3 is 0 Å². The number of amides is 1. The van der Waals surface area contributed by atoms with Gasteiger partial charge in [0.25, 0.3) is 5.91 Å². The van der Waals surface area contributed by atoms with Crippen LogP contribution in [-0.2, 0) is 0 Å². The molecule has 0 bridgehead atoms. The number of nitrogens with zero attached hydrogens (tertiary/aromatic N) is 1. The van der Waals surface area contributed by atoms with Gasteiger partial charge < -0.3 is 24.8 Å². The van der Waals surface area contributed by atoms with Gasteiger partial charge in [0.2, 0.25) is 6.79 Å². The van der Waals surface area contributed by atoms with Crippen LogP contribution in [0, 0.1) is 0 Å². The van der Waals surface area contributed by atoms with Crippen LogP contribution in [0.4, 0.5) is 0 Å². The molecular formula is C13H16N2O4. The van der Waals surface area contributed by atoms with Crippen molar-refractivity contribution in [1.82, 2.24) is 10.2 Å². The zero-order valence-electron chi connectivity index (χ0n) is 10.6. The fourth-order valence-electron chi connectivity index (χ4n) is 2.43. The molecule has 0 saturated carbocycles. The van der Waals surface area contributed by atoms with E-state index in [1.807, 2.05) is 0 Å². The number of hydrogen-bond donors (Lipinski definition) is 2. The Bertz CT molecular complexity index is 505. The van der Waals surface area contributed by atoms with E-state index in [-0.39, 0.29) is 18.7 Å². The highest BCUT2D eigenvalue weighted by Crippen LogP contribution is 2.32. The summed E-state index contributed by atoms with van der Waals surface area (Å²) in [5.74, 6) is 1.11. The molecule has 1 amide bonds. The zero-order valence-corrected chi connectivity index (χ0v) is 10.6. The number of carbonyl (C=O) groups is 1. The van der Waals surface area contributed by atoms with Crippen LogP contribution in [0.3, 0.4) is 0 Å². The SMILES string of the molecule is CN(C(=O)c1ccc2c(c1)OCO2)[C@@H]1CNC[C@H]1O. The Kier molecular flexibility index (Phi) is 3.04. The van der Waals surface area contributed by atoms with E-state index in [1.165, 1.54) is 0 Å². The summed E-state index contributed by atoms with van der Waals surface area (Å²) >= 11 is 0. The lowest BCUT2D eigenvalue weighted by Gasteiger charge is -2.26. The Labute approximate surface area is 110 Å². The summed E-state index contributed by atoms with van der Waals surface area (Å²) in [6.45, 7) is 1.31. The molecular weight excluding hydrogens is 248 g/mol. The molecule has 0 spiro atoms. The predicted molar refractivity (Wildman–Crippen MR) is 67.3 cm³/mol. The number of β-amino-alcohol motifs (C(OH)–C–C–N with tert-alkyl or cyclic N) is 1. The Hall–Kier alpha value is -1.79. The maximum absolute atomic E-state index is 12.4. The molecule has 2 N–H and O–H groups in total. The second-order valence-electron chi connectivity index (χ2n) is 4.78. The summed E-state index contributed by atoms with van der Waals surface area (Å²) in [5.41, 5.74) is 0.533. The number of rotatable bonds is 2. The standard InChI is InChI=1S/C13H16N2O4/c1-15(9-5-14-6-10(9)16)13(17)8-2-3-11-12(4-8)19-7-18-11/h2-4,9-10,14,16H,5-7H2,1H3/t9-,10-/m1/s1. The van der Waals surface area contributed by atoms with Crippen LogP contribution in [0.5, 0.6) is 11.5 Å². The van der Waals surface area contributed by atoms with Crippen molar-refractivity contribution in [3.05, 3.63) is 23.8 Å². The van der Waals surface area contributed by atoms with Crippen LogP contribution >= 0.6 is 0 Å². The van der Waals surface area contributed by atoms with Gasteiger partial charge in [-0.05, 0) is 18.2 Å². The maximum atomic E-state index is 12.4. The van der Waals surface area contributed by atoms with E-state index in [2.05, 4.69) is 5.32 Å². The first kappa shape index (κ1) is 12.3. The molecule has 0 unspecified atom stereocenters. The molecule has 1 saturated heterocycles. The Morgan fingerprint density at radius 3 is 2.89 bits per heavy atom. The van der Waals surface area contributed by atoms with Crippen molar-refractivity contribution in [3.8, 4) is 11.5 Å². The molecule has 2 aliphatic heterocycles. The molecule has 6 nitrogen and oxygen atoms in total. The highest BCUT2D eigenvalue weighted by Gasteiger charge is 2.32. The second-order valence-corrected chi connectivity index (χ2v) is 4.78. The van der Waals surface area contributed by atoms with E-state index in [0.717, 1.165) is 0 Å².